The normalized spacial score (nSPS) is 10.9. The van der Waals surface area contributed by atoms with Gasteiger partial charge in [-0.2, -0.15) is 5.10 Å². The third-order valence-electron chi connectivity index (χ3n) is 2.68. The molecule has 12 heteroatoms. The zero-order chi connectivity index (χ0) is 15.1. The Kier molecular flexibility index (Phi) is 2.51. The zero-order valence-electron chi connectivity index (χ0n) is 10.0. The Morgan fingerprint density at radius 1 is 1.14 bits per heavy atom. The smallest absolute Gasteiger partial charge is 0.260 e. The summed E-state index contributed by atoms with van der Waals surface area (Å²) in [6, 6.07) is 0. The van der Waals surface area contributed by atoms with Gasteiger partial charge in [0.15, 0.2) is 0 Å². The second-order valence-corrected chi connectivity index (χ2v) is 3.95. The first-order chi connectivity index (χ1) is 9.97. The van der Waals surface area contributed by atoms with Crippen LogP contribution in [0.15, 0.2) is 29.6 Å². The van der Waals surface area contributed by atoms with Crippen molar-refractivity contribution in [2.45, 2.75) is 0 Å². The molecule has 0 amide bonds. The van der Waals surface area contributed by atoms with E-state index in [-0.39, 0.29) is 17.0 Å². The molecule has 0 saturated carbocycles. The van der Waals surface area contributed by atoms with Crippen LogP contribution in [0, 0.1) is 20.2 Å². The Bertz CT molecular complexity index is 936. The van der Waals surface area contributed by atoms with E-state index in [4.69, 9.17) is 0 Å². The molecule has 3 rings (SSSR count). The summed E-state index contributed by atoms with van der Waals surface area (Å²) in [5.74, 6) is 0. The Hall–Kier alpha value is -3.57. The van der Waals surface area contributed by atoms with Gasteiger partial charge in [0.2, 0.25) is 5.65 Å². The van der Waals surface area contributed by atoms with Gasteiger partial charge in [-0.25, -0.2) is 14.2 Å². The molecule has 0 spiro atoms. The van der Waals surface area contributed by atoms with E-state index in [2.05, 4.69) is 15.2 Å². The lowest BCUT2D eigenvalue weighted by Gasteiger charge is -2.00. The van der Waals surface area contributed by atoms with E-state index < -0.39 is 21.1 Å². The molecule has 1 N–H and O–H groups in total. The molecule has 12 nitrogen and oxygen atoms in total. The SMILES string of the molecule is O=c1[nH]n2cc(-n3cc([N+](=O)[O-])cn3)cnc2c1[N+](=O)[O-]. The summed E-state index contributed by atoms with van der Waals surface area (Å²) in [7, 11) is 0. The van der Waals surface area contributed by atoms with Gasteiger partial charge in [-0.15, -0.1) is 0 Å². The first-order valence-corrected chi connectivity index (χ1v) is 5.41. The third-order valence-corrected chi connectivity index (χ3v) is 2.68. The predicted molar refractivity (Wildman–Crippen MR) is 66.2 cm³/mol. The number of hydrogen-bond donors (Lipinski definition) is 1. The van der Waals surface area contributed by atoms with Crippen LogP contribution in [0.25, 0.3) is 11.3 Å². The van der Waals surface area contributed by atoms with Gasteiger partial charge in [-0.05, 0) is 0 Å². The van der Waals surface area contributed by atoms with Crippen molar-refractivity contribution in [3.63, 3.8) is 0 Å². The summed E-state index contributed by atoms with van der Waals surface area (Å²) < 4.78 is 2.22. The van der Waals surface area contributed by atoms with Gasteiger partial charge in [-0.3, -0.25) is 30.1 Å². The molecule has 0 unspecified atom stereocenters. The highest BCUT2D eigenvalue weighted by Gasteiger charge is 2.22. The van der Waals surface area contributed by atoms with Crippen molar-refractivity contribution in [1.82, 2.24) is 24.4 Å². The first kappa shape index (κ1) is 12.5. The lowest BCUT2D eigenvalue weighted by Crippen LogP contribution is -2.05. The minimum absolute atomic E-state index is 0.157. The molecule has 21 heavy (non-hydrogen) atoms. The van der Waals surface area contributed by atoms with Crippen molar-refractivity contribution in [3.8, 4) is 5.69 Å². The summed E-state index contributed by atoms with van der Waals surface area (Å²) in [6.07, 6.45) is 4.73. The number of nitrogens with zero attached hydrogens (tertiary/aromatic N) is 6. The topological polar surface area (TPSA) is 154 Å². The second-order valence-electron chi connectivity index (χ2n) is 3.95. The predicted octanol–water partition coefficient (Wildman–Crippen LogP) is 0.0247. The summed E-state index contributed by atoms with van der Waals surface area (Å²) in [5.41, 5.74) is -1.65. The second kappa shape index (κ2) is 4.22. The maximum Gasteiger partial charge on any atom is 0.379 e. The molecule has 0 aliphatic rings. The van der Waals surface area contributed by atoms with Crippen molar-refractivity contribution < 1.29 is 9.85 Å². The van der Waals surface area contributed by atoms with E-state index in [0.29, 0.717) is 0 Å². The number of fused-ring (bicyclic) bond motifs is 1. The standard InChI is InChI=1S/C9H5N7O5/c17-9-7(16(20)21)8-10-1-5(3-14(8)12-9)13-4-6(2-11-13)15(18)19/h1-4H,(H,12,17). The molecule has 0 atom stereocenters. The molecule has 0 saturated heterocycles. The number of hydrogen-bond acceptors (Lipinski definition) is 7. The van der Waals surface area contributed by atoms with Gasteiger partial charge in [0.25, 0.3) is 0 Å². The van der Waals surface area contributed by atoms with Crippen LogP contribution < -0.4 is 5.56 Å². The largest absolute Gasteiger partial charge is 0.379 e. The van der Waals surface area contributed by atoms with Gasteiger partial charge in [0.1, 0.15) is 18.1 Å². The minimum atomic E-state index is -0.893. The number of H-pyrrole nitrogens is 1. The fraction of sp³-hybridized carbons (Fsp3) is 0. The molecule has 0 radical (unpaired) electrons. The van der Waals surface area contributed by atoms with Gasteiger partial charge >= 0.3 is 16.9 Å². The molecular weight excluding hydrogens is 286 g/mol. The van der Waals surface area contributed by atoms with Crippen molar-refractivity contribution >= 4 is 17.0 Å². The fourth-order valence-corrected chi connectivity index (χ4v) is 1.77. The average molecular weight is 291 g/mol. The highest BCUT2D eigenvalue weighted by molar-refractivity contribution is 5.58. The van der Waals surface area contributed by atoms with Crippen LogP contribution in [0.5, 0.6) is 0 Å². The molecule has 0 fully saturated rings. The van der Waals surface area contributed by atoms with Gasteiger partial charge in [0.05, 0.1) is 22.2 Å². The monoisotopic (exact) mass is 291 g/mol. The molecule has 3 heterocycles. The Morgan fingerprint density at radius 3 is 2.52 bits per heavy atom. The van der Waals surface area contributed by atoms with E-state index in [1.54, 1.807) is 0 Å². The van der Waals surface area contributed by atoms with Gasteiger partial charge in [0, 0.05) is 0 Å². The average Bonchev–Trinajstić information content (AvgIpc) is 3.00. The number of nitrogens with one attached hydrogen (secondary N) is 1. The maximum absolute atomic E-state index is 11.5. The van der Waals surface area contributed by atoms with Crippen LogP contribution in [0.2, 0.25) is 0 Å². The first-order valence-electron chi connectivity index (χ1n) is 5.41. The lowest BCUT2D eigenvalue weighted by molar-refractivity contribution is -0.385. The van der Waals surface area contributed by atoms with E-state index in [1.807, 2.05) is 0 Å². The van der Waals surface area contributed by atoms with Crippen molar-refractivity contribution in [2.75, 3.05) is 0 Å². The number of nitro groups is 2. The van der Waals surface area contributed by atoms with E-state index in [9.17, 15) is 25.0 Å². The zero-order valence-corrected chi connectivity index (χ0v) is 10.0. The minimum Gasteiger partial charge on any atom is -0.260 e. The van der Waals surface area contributed by atoms with Crippen LogP contribution in [0.4, 0.5) is 11.4 Å². The molecule has 3 aromatic heterocycles. The highest BCUT2D eigenvalue weighted by atomic mass is 16.6. The molecule has 0 bridgehead atoms. The highest BCUT2D eigenvalue weighted by Crippen LogP contribution is 2.16. The Balaban J connectivity index is 2.15. The summed E-state index contributed by atoms with van der Waals surface area (Å²) in [4.78, 5) is 35.2. The van der Waals surface area contributed by atoms with E-state index in [0.717, 1.165) is 21.6 Å². The number of aromatic nitrogens is 5. The van der Waals surface area contributed by atoms with Crippen molar-refractivity contribution in [2.24, 2.45) is 0 Å². The molecule has 106 valence electrons. The summed E-state index contributed by atoms with van der Waals surface area (Å²) in [5, 5.41) is 27.4. The quantitative estimate of drug-likeness (QED) is 0.527. The number of aromatic amines is 1. The molecule has 0 aliphatic carbocycles. The summed E-state index contributed by atoms with van der Waals surface area (Å²) in [6.45, 7) is 0. The third kappa shape index (κ3) is 1.90. The van der Waals surface area contributed by atoms with Crippen LogP contribution in [-0.4, -0.2) is 34.2 Å². The maximum atomic E-state index is 11.5. The van der Waals surface area contributed by atoms with Crippen LogP contribution in [0.1, 0.15) is 0 Å². The van der Waals surface area contributed by atoms with Gasteiger partial charge in [-0.1, -0.05) is 0 Å². The van der Waals surface area contributed by atoms with Crippen molar-refractivity contribution in [1.29, 1.82) is 0 Å². The fourth-order valence-electron chi connectivity index (χ4n) is 1.77. The molecule has 0 aliphatic heterocycles. The van der Waals surface area contributed by atoms with Crippen LogP contribution in [0.3, 0.4) is 0 Å². The molecule has 0 aromatic carbocycles. The number of rotatable bonds is 3. The Morgan fingerprint density at radius 2 is 1.90 bits per heavy atom. The van der Waals surface area contributed by atoms with E-state index in [1.165, 1.54) is 12.4 Å². The molecule has 3 aromatic rings. The summed E-state index contributed by atoms with van der Waals surface area (Å²) >= 11 is 0. The van der Waals surface area contributed by atoms with E-state index >= 15 is 0 Å². The van der Waals surface area contributed by atoms with Crippen LogP contribution >= 0.6 is 0 Å². The Labute approximate surface area is 113 Å². The van der Waals surface area contributed by atoms with Gasteiger partial charge < -0.3 is 0 Å². The van der Waals surface area contributed by atoms with Crippen LogP contribution in [-0.2, 0) is 0 Å². The molecular formula is C9H5N7O5. The van der Waals surface area contributed by atoms with Crippen molar-refractivity contribution in [3.05, 3.63) is 55.4 Å². The lowest BCUT2D eigenvalue weighted by atomic mass is 10.5.